The molecule has 0 saturated heterocycles. The predicted molar refractivity (Wildman–Crippen MR) is 86.2 cm³/mol. The summed E-state index contributed by atoms with van der Waals surface area (Å²) in [5, 5.41) is 3.43. The molecule has 0 aliphatic heterocycles. The molecule has 1 fully saturated rings. The van der Waals surface area contributed by atoms with Crippen LogP contribution in [0.15, 0.2) is 10.5 Å². The summed E-state index contributed by atoms with van der Waals surface area (Å²) in [4.78, 5) is 1.27. The number of hydrogen-bond acceptors (Lipinski definition) is 3. The molecule has 1 N–H and O–H groups in total. The van der Waals surface area contributed by atoms with Crippen LogP contribution < -0.4 is 5.32 Å². The van der Waals surface area contributed by atoms with E-state index in [1.807, 2.05) is 0 Å². The van der Waals surface area contributed by atoms with Crippen molar-refractivity contribution in [1.29, 1.82) is 0 Å². The maximum Gasteiger partial charge on any atom is 0.107 e. The van der Waals surface area contributed by atoms with Gasteiger partial charge in [-0.3, -0.25) is 0 Å². The van der Waals surface area contributed by atoms with Crippen LogP contribution in [0, 0.1) is 0 Å². The van der Waals surface area contributed by atoms with Gasteiger partial charge in [-0.05, 0) is 47.8 Å². The number of nitrogens with one attached hydrogen (secondary N) is 1. The molecule has 108 valence electrons. The second kappa shape index (κ2) is 8.63. The Morgan fingerprint density at radius 1 is 1.37 bits per heavy atom. The molecule has 0 unspecified atom stereocenters. The van der Waals surface area contributed by atoms with E-state index in [0.717, 1.165) is 34.9 Å². The third kappa shape index (κ3) is 5.72. The minimum atomic E-state index is 0.529. The molecular weight excluding hydrogens is 346 g/mol. The number of thiophene rings is 1. The summed E-state index contributed by atoms with van der Waals surface area (Å²) in [6.07, 6.45) is 8.20. The average molecular weight is 367 g/mol. The predicted octanol–water partition coefficient (Wildman–Crippen LogP) is 4.99. The molecule has 19 heavy (non-hydrogen) atoms. The molecule has 1 aliphatic rings. The van der Waals surface area contributed by atoms with Gasteiger partial charge in [-0.15, -0.1) is 11.3 Å². The van der Waals surface area contributed by atoms with E-state index in [1.54, 1.807) is 11.3 Å². The Bertz CT molecular complexity index is 360. The number of hydrogen-bond donors (Lipinski definition) is 1. The smallest absolute Gasteiger partial charge is 0.107 e. The SMILES string of the molecule is Clc1sc(CNCCCOC2CCCCC2)cc1Br. The summed E-state index contributed by atoms with van der Waals surface area (Å²) in [6.45, 7) is 2.77. The lowest BCUT2D eigenvalue weighted by atomic mass is 9.98. The van der Waals surface area contributed by atoms with E-state index in [-0.39, 0.29) is 0 Å². The molecule has 1 aliphatic carbocycles. The zero-order valence-corrected chi connectivity index (χ0v) is 14.2. The first-order valence-electron chi connectivity index (χ1n) is 7.02. The van der Waals surface area contributed by atoms with Crippen LogP contribution in [-0.4, -0.2) is 19.3 Å². The van der Waals surface area contributed by atoms with Crippen molar-refractivity contribution in [1.82, 2.24) is 5.32 Å². The largest absolute Gasteiger partial charge is 0.378 e. The molecule has 5 heteroatoms. The van der Waals surface area contributed by atoms with Crippen LogP contribution in [0.3, 0.4) is 0 Å². The molecule has 2 rings (SSSR count). The monoisotopic (exact) mass is 365 g/mol. The highest BCUT2D eigenvalue weighted by atomic mass is 79.9. The molecule has 0 amide bonds. The highest BCUT2D eigenvalue weighted by Crippen LogP contribution is 2.31. The van der Waals surface area contributed by atoms with E-state index in [1.165, 1.54) is 37.0 Å². The fourth-order valence-corrected chi connectivity index (χ4v) is 4.13. The summed E-state index contributed by atoms with van der Waals surface area (Å²) in [5.74, 6) is 0. The van der Waals surface area contributed by atoms with Crippen LogP contribution in [0.2, 0.25) is 4.34 Å². The summed E-state index contributed by atoms with van der Waals surface area (Å²) < 4.78 is 7.72. The lowest BCUT2D eigenvalue weighted by Gasteiger charge is -2.21. The second-order valence-corrected chi connectivity index (χ2v) is 7.59. The first-order chi connectivity index (χ1) is 9.25. The molecule has 1 saturated carbocycles. The van der Waals surface area contributed by atoms with Gasteiger partial charge in [-0.1, -0.05) is 30.9 Å². The molecule has 0 bridgehead atoms. The highest BCUT2D eigenvalue weighted by molar-refractivity contribution is 9.10. The maximum absolute atomic E-state index is 6.00. The Balaban J connectivity index is 1.50. The van der Waals surface area contributed by atoms with E-state index < -0.39 is 0 Å². The van der Waals surface area contributed by atoms with Gasteiger partial charge < -0.3 is 10.1 Å². The summed E-state index contributed by atoms with van der Waals surface area (Å²) in [5.41, 5.74) is 0. The molecule has 0 radical (unpaired) electrons. The molecule has 1 heterocycles. The van der Waals surface area contributed by atoms with Gasteiger partial charge in [-0.25, -0.2) is 0 Å². The maximum atomic E-state index is 6.00. The summed E-state index contributed by atoms with van der Waals surface area (Å²) in [6, 6.07) is 2.08. The fourth-order valence-electron chi connectivity index (χ4n) is 2.37. The zero-order chi connectivity index (χ0) is 13.5. The molecule has 2 nitrogen and oxygen atoms in total. The first-order valence-corrected chi connectivity index (χ1v) is 9.00. The molecule has 0 atom stereocenters. The van der Waals surface area contributed by atoms with Gasteiger partial charge in [0.1, 0.15) is 4.34 Å². The lowest BCUT2D eigenvalue weighted by molar-refractivity contribution is 0.0273. The molecular formula is C14H21BrClNOS. The van der Waals surface area contributed by atoms with E-state index in [4.69, 9.17) is 16.3 Å². The van der Waals surface area contributed by atoms with Crippen LogP contribution >= 0.6 is 38.9 Å². The lowest BCUT2D eigenvalue weighted by Crippen LogP contribution is -2.20. The van der Waals surface area contributed by atoms with Crippen molar-refractivity contribution >= 4 is 38.9 Å². The van der Waals surface area contributed by atoms with Gasteiger partial charge in [0.2, 0.25) is 0 Å². The Hall–Kier alpha value is 0.390. The summed E-state index contributed by atoms with van der Waals surface area (Å²) >= 11 is 11.1. The van der Waals surface area contributed by atoms with Crippen molar-refractivity contribution in [3.8, 4) is 0 Å². The Morgan fingerprint density at radius 2 is 2.16 bits per heavy atom. The van der Waals surface area contributed by atoms with Gasteiger partial charge in [0, 0.05) is 22.5 Å². The molecule has 0 aromatic carbocycles. The van der Waals surface area contributed by atoms with Crippen LogP contribution in [0.5, 0.6) is 0 Å². The van der Waals surface area contributed by atoms with Crippen molar-refractivity contribution in [3.05, 3.63) is 19.8 Å². The quantitative estimate of drug-likeness (QED) is 0.686. The van der Waals surface area contributed by atoms with Crippen LogP contribution in [0.1, 0.15) is 43.4 Å². The molecule has 0 spiro atoms. The van der Waals surface area contributed by atoms with Crippen molar-refractivity contribution in [2.75, 3.05) is 13.2 Å². The minimum Gasteiger partial charge on any atom is -0.378 e. The number of ether oxygens (including phenoxy) is 1. The second-order valence-electron chi connectivity index (χ2n) is 5.00. The molecule has 1 aromatic rings. The fraction of sp³-hybridized carbons (Fsp3) is 0.714. The van der Waals surface area contributed by atoms with Gasteiger partial charge in [-0.2, -0.15) is 0 Å². The zero-order valence-electron chi connectivity index (χ0n) is 11.1. The van der Waals surface area contributed by atoms with Crippen molar-refractivity contribution in [3.63, 3.8) is 0 Å². The van der Waals surface area contributed by atoms with Crippen LogP contribution in [-0.2, 0) is 11.3 Å². The first kappa shape index (κ1) is 15.8. The topological polar surface area (TPSA) is 21.3 Å². The van der Waals surface area contributed by atoms with E-state index in [2.05, 4.69) is 27.3 Å². The van der Waals surface area contributed by atoms with Crippen molar-refractivity contribution in [2.24, 2.45) is 0 Å². The minimum absolute atomic E-state index is 0.529. The average Bonchev–Trinajstić information content (AvgIpc) is 2.74. The van der Waals surface area contributed by atoms with Crippen molar-refractivity contribution < 1.29 is 4.74 Å². The summed E-state index contributed by atoms with van der Waals surface area (Å²) in [7, 11) is 0. The van der Waals surface area contributed by atoms with Gasteiger partial charge >= 0.3 is 0 Å². The van der Waals surface area contributed by atoms with Crippen LogP contribution in [0.4, 0.5) is 0 Å². The Kier molecular flexibility index (Phi) is 7.16. The normalized spacial score (nSPS) is 16.9. The number of halogens is 2. The van der Waals surface area contributed by atoms with Gasteiger partial charge in [0.05, 0.1) is 6.10 Å². The standard InChI is InChI=1S/C14H21BrClNOS/c15-13-9-12(19-14(13)16)10-17-7-4-8-18-11-5-2-1-3-6-11/h9,11,17H,1-8,10H2. The third-order valence-electron chi connectivity index (χ3n) is 3.40. The van der Waals surface area contributed by atoms with E-state index in [0.29, 0.717) is 6.10 Å². The van der Waals surface area contributed by atoms with Crippen molar-refractivity contribution in [2.45, 2.75) is 51.2 Å². The Morgan fingerprint density at radius 3 is 2.84 bits per heavy atom. The van der Waals surface area contributed by atoms with E-state index >= 15 is 0 Å². The van der Waals surface area contributed by atoms with Gasteiger partial charge in [0.15, 0.2) is 0 Å². The number of rotatable bonds is 7. The Labute approximate surface area is 133 Å². The van der Waals surface area contributed by atoms with Crippen LogP contribution in [0.25, 0.3) is 0 Å². The molecule has 1 aromatic heterocycles. The van der Waals surface area contributed by atoms with Gasteiger partial charge in [0.25, 0.3) is 0 Å². The highest BCUT2D eigenvalue weighted by Gasteiger charge is 2.12. The third-order valence-corrected chi connectivity index (χ3v) is 5.87. The van der Waals surface area contributed by atoms with E-state index in [9.17, 15) is 0 Å².